The molecule has 2 aliphatic rings. The molecule has 1 heterocycles. The molecular formula is C16H21Cl3N2. The summed E-state index contributed by atoms with van der Waals surface area (Å²) in [6, 6.07) is 4.09. The van der Waals surface area contributed by atoms with E-state index >= 15 is 0 Å². The first-order valence-electron chi connectivity index (χ1n) is 7.76. The highest BCUT2D eigenvalue weighted by molar-refractivity contribution is 6.43. The van der Waals surface area contributed by atoms with Crippen LogP contribution in [0.15, 0.2) is 12.1 Å². The minimum absolute atomic E-state index is 0.346. The van der Waals surface area contributed by atoms with Crippen molar-refractivity contribution in [3.05, 3.63) is 32.8 Å². The van der Waals surface area contributed by atoms with E-state index in [1.54, 1.807) is 6.07 Å². The summed E-state index contributed by atoms with van der Waals surface area (Å²) in [5.41, 5.74) is 1.11. The molecule has 1 saturated carbocycles. The van der Waals surface area contributed by atoms with E-state index in [4.69, 9.17) is 34.8 Å². The van der Waals surface area contributed by atoms with Gasteiger partial charge in [0, 0.05) is 37.2 Å². The Kier molecular flexibility index (Phi) is 5.34. The fourth-order valence-electron chi connectivity index (χ4n) is 3.77. The monoisotopic (exact) mass is 346 g/mol. The van der Waals surface area contributed by atoms with Crippen molar-refractivity contribution >= 4 is 34.8 Å². The standard InChI is InChI=1S/C16H21Cl3N2/c17-12-9-13(15(19)14(18)10-12)16(11-3-1-2-4-11)21-7-5-20-6-8-21/h9-11,16,20H,1-8H2/t16-/m1/s1. The Balaban J connectivity index is 1.97. The number of rotatable bonds is 3. The van der Waals surface area contributed by atoms with Gasteiger partial charge in [0.05, 0.1) is 10.0 Å². The van der Waals surface area contributed by atoms with Crippen molar-refractivity contribution in [2.45, 2.75) is 31.7 Å². The van der Waals surface area contributed by atoms with Crippen molar-refractivity contribution in [1.82, 2.24) is 10.2 Å². The van der Waals surface area contributed by atoms with Crippen LogP contribution in [0.2, 0.25) is 15.1 Å². The van der Waals surface area contributed by atoms with E-state index in [0.717, 1.165) is 31.7 Å². The van der Waals surface area contributed by atoms with Gasteiger partial charge in [-0.1, -0.05) is 47.6 Å². The zero-order valence-electron chi connectivity index (χ0n) is 12.0. The van der Waals surface area contributed by atoms with Crippen molar-refractivity contribution in [3.8, 4) is 0 Å². The molecule has 3 rings (SSSR count). The molecule has 1 N–H and O–H groups in total. The van der Waals surface area contributed by atoms with Crippen LogP contribution in [0.5, 0.6) is 0 Å². The van der Waals surface area contributed by atoms with Gasteiger partial charge in [-0.25, -0.2) is 0 Å². The average Bonchev–Trinajstić information content (AvgIpc) is 2.99. The van der Waals surface area contributed by atoms with Gasteiger partial charge in [0.15, 0.2) is 0 Å². The van der Waals surface area contributed by atoms with Crippen LogP contribution < -0.4 is 5.32 Å². The topological polar surface area (TPSA) is 15.3 Å². The molecule has 0 radical (unpaired) electrons. The molecule has 1 saturated heterocycles. The van der Waals surface area contributed by atoms with Crippen LogP contribution >= 0.6 is 34.8 Å². The predicted molar refractivity (Wildman–Crippen MR) is 90.6 cm³/mol. The first kappa shape index (κ1) is 15.9. The molecule has 0 amide bonds. The Morgan fingerprint density at radius 3 is 2.38 bits per heavy atom. The zero-order chi connectivity index (χ0) is 14.8. The Labute approximate surface area is 141 Å². The van der Waals surface area contributed by atoms with Crippen molar-refractivity contribution in [1.29, 1.82) is 0 Å². The maximum atomic E-state index is 6.52. The van der Waals surface area contributed by atoms with Gasteiger partial charge in [-0.2, -0.15) is 0 Å². The number of nitrogens with zero attached hydrogens (tertiary/aromatic N) is 1. The lowest BCUT2D eigenvalue weighted by molar-refractivity contribution is 0.125. The number of hydrogen-bond donors (Lipinski definition) is 1. The first-order valence-corrected chi connectivity index (χ1v) is 8.89. The summed E-state index contributed by atoms with van der Waals surface area (Å²) in [6.45, 7) is 4.19. The number of benzene rings is 1. The lowest BCUT2D eigenvalue weighted by atomic mass is 9.89. The van der Waals surface area contributed by atoms with Gasteiger partial charge in [0.25, 0.3) is 0 Å². The third-order valence-electron chi connectivity index (χ3n) is 4.73. The first-order chi connectivity index (χ1) is 10.2. The number of nitrogens with one attached hydrogen (secondary N) is 1. The van der Waals surface area contributed by atoms with Gasteiger partial charge in [-0.05, 0) is 36.5 Å². The molecule has 0 unspecified atom stereocenters. The van der Waals surface area contributed by atoms with E-state index < -0.39 is 0 Å². The lowest BCUT2D eigenvalue weighted by Gasteiger charge is -2.39. The smallest absolute Gasteiger partial charge is 0.0641 e. The second kappa shape index (κ2) is 7.06. The van der Waals surface area contributed by atoms with Crippen LogP contribution in [0.3, 0.4) is 0 Å². The molecule has 0 aromatic heterocycles. The third kappa shape index (κ3) is 3.51. The summed E-state index contributed by atoms with van der Waals surface area (Å²) >= 11 is 19.0. The number of piperazine rings is 1. The summed E-state index contributed by atoms with van der Waals surface area (Å²) in [4.78, 5) is 2.56. The summed E-state index contributed by atoms with van der Waals surface area (Å²) in [7, 11) is 0. The van der Waals surface area contributed by atoms with Gasteiger partial charge in [-0.3, -0.25) is 4.90 Å². The van der Waals surface area contributed by atoms with Crippen molar-refractivity contribution in [2.75, 3.05) is 26.2 Å². The Morgan fingerprint density at radius 1 is 1.05 bits per heavy atom. The SMILES string of the molecule is Clc1cc(Cl)c(Cl)c([C@@H](C2CCCC2)N2CCNCC2)c1. The van der Waals surface area contributed by atoms with E-state index in [-0.39, 0.29) is 0 Å². The molecule has 0 spiro atoms. The summed E-state index contributed by atoms with van der Waals surface area (Å²) < 4.78 is 0. The summed E-state index contributed by atoms with van der Waals surface area (Å²) in [6.07, 6.45) is 5.18. The fourth-order valence-corrected chi connectivity index (χ4v) is 4.50. The number of hydrogen-bond acceptors (Lipinski definition) is 2. The summed E-state index contributed by atoms with van der Waals surface area (Å²) in [5, 5.41) is 5.34. The van der Waals surface area contributed by atoms with E-state index in [9.17, 15) is 0 Å². The van der Waals surface area contributed by atoms with Gasteiger partial charge in [0.2, 0.25) is 0 Å². The van der Waals surface area contributed by atoms with Gasteiger partial charge in [-0.15, -0.1) is 0 Å². The van der Waals surface area contributed by atoms with Crippen LogP contribution in [0.1, 0.15) is 37.3 Å². The highest BCUT2D eigenvalue weighted by Gasteiger charge is 2.33. The molecule has 2 nitrogen and oxygen atoms in total. The predicted octanol–water partition coefficient (Wildman–Crippen LogP) is 4.78. The second-order valence-corrected chi connectivity index (χ2v) is 7.29. The quantitative estimate of drug-likeness (QED) is 0.791. The van der Waals surface area contributed by atoms with Crippen LogP contribution in [0.4, 0.5) is 0 Å². The third-order valence-corrected chi connectivity index (χ3v) is 5.77. The minimum atomic E-state index is 0.346. The molecule has 1 aliphatic heterocycles. The average molecular weight is 348 g/mol. The fraction of sp³-hybridized carbons (Fsp3) is 0.625. The molecule has 21 heavy (non-hydrogen) atoms. The van der Waals surface area contributed by atoms with Crippen molar-refractivity contribution in [3.63, 3.8) is 0 Å². The minimum Gasteiger partial charge on any atom is -0.314 e. The zero-order valence-corrected chi connectivity index (χ0v) is 14.3. The Hall–Kier alpha value is 0.01000. The van der Waals surface area contributed by atoms with Crippen LogP contribution in [-0.4, -0.2) is 31.1 Å². The molecule has 5 heteroatoms. The maximum absolute atomic E-state index is 6.52. The molecule has 1 aliphatic carbocycles. The van der Waals surface area contributed by atoms with Crippen molar-refractivity contribution in [2.24, 2.45) is 5.92 Å². The largest absolute Gasteiger partial charge is 0.314 e. The molecule has 2 fully saturated rings. The van der Waals surface area contributed by atoms with Gasteiger partial charge in [0.1, 0.15) is 0 Å². The van der Waals surface area contributed by atoms with Crippen LogP contribution in [-0.2, 0) is 0 Å². The molecular weight excluding hydrogens is 327 g/mol. The Morgan fingerprint density at radius 2 is 1.71 bits per heavy atom. The molecule has 116 valence electrons. The molecule has 0 bridgehead atoms. The van der Waals surface area contributed by atoms with Crippen LogP contribution in [0, 0.1) is 5.92 Å². The van der Waals surface area contributed by atoms with Gasteiger partial charge < -0.3 is 5.32 Å². The normalized spacial score (nSPS) is 22.6. The van der Waals surface area contributed by atoms with E-state index in [2.05, 4.69) is 10.2 Å². The molecule has 1 aromatic carbocycles. The van der Waals surface area contributed by atoms with E-state index in [1.807, 2.05) is 6.07 Å². The highest BCUT2D eigenvalue weighted by Crippen LogP contribution is 2.44. The summed E-state index contributed by atoms with van der Waals surface area (Å²) in [5.74, 6) is 0.662. The molecule has 1 atom stereocenters. The van der Waals surface area contributed by atoms with E-state index in [1.165, 1.54) is 25.7 Å². The van der Waals surface area contributed by atoms with E-state index in [0.29, 0.717) is 27.0 Å². The van der Waals surface area contributed by atoms with Crippen LogP contribution in [0.25, 0.3) is 0 Å². The van der Waals surface area contributed by atoms with Gasteiger partial charge >= 0.3 is 0 Å². The number of halogens is 3. The Bertz CT molecular complexity index is 495. The lowest BCUT2D eigenvalue weighted by Crippen LogP contribution is -2.46. The maximum Gasteiger partial charge on any atom is 0.0641 e. The molecule has 1 aromatic rings. The highest BCUT2D eigenvalue weighted by atomic mass is 35.5. The van der Waals surface area contributed by atoms with Crippen molar-refractivity contribution < 1.29 is 0 Å². The second-order valence-electron chi connectivity index (χ2n) is 6.07.